The van der Waals surface area contributed by atoms with E-state index in [1.807, 2.05) is 42.5 Å². The second kappa shape index (κ2) is 5.65. The number of carbonyl (C=O) groups excluding carboxylic acids is 1. The zero-order chi connectivity index (χ0) is 16.0. The number of ether oxygens (including phenoxy) is 1. The van der Waals surface area contributed by atoms with Gasteiger partial charge in [0.1, 0.15) is 17.8 Å². The molecule has 0 saturated carbocycles. The molecule has 0 aromatic heterocycles. The third-order valence-corrected chi connectivity index (χ3v) is 6.93. The van der Waals surface area contributed by atoms with Gasteiger partial charge in [-0.05, 0) is 23.8 Å². The lowest BCUT2D eigenvalue weighted by Gasteiger charge is -2.39. The van der Waals surface area contributed by atoms with Gasteiger partial charge in [-0.25, -0.2) is 0 Å². The van der Waals surface area contributed by atoms with Crippen LogP contribution in [-0.2, 0) is 0 Å². The minimum Gasteiger partial charge on any atom is -0.492 e. The van der Waals surface area contributed by atoms with E-state index in [-0.39, 0.29) is 17.6 Å². The number of hydrogen-bond donors (Lipinski definition) is 1. The number of benzene rings is 2. The van der Waals surface area contributed by atoms with Gasteiger partial charge in [0.25, 0.3) is 0 Å². The first-order valence-electron chi connectivity index (χ1n) is 7.45. The Morgan fingerprint density at radius 1 is 1.17 bits per heavy atom. The molecule has 1 fully saturated rings. The van der Waals surface area contributed by atoms with E-state index in [4.69, 9.17) is 4.74 Å². The van der Waals surface area contributed by atoms with Crippen molar-refractivity contribution in [2.75, 3.05) is 12.4 Å². The Morgan fingerprint density at radius 3 is 2.74 bits per heavy atom. The Kier molecular flexibility index (Phi) is 3.75. The second-order valence-electron chi connectivity index (χ2n) is 5.91. The summed E-state index contributed by atoms with van der Waals surface area (Å²) in [5.74, 6) is 1.12. The Morgan fingerprint density at radius 2 is 1.91 bits per heavy atom. The van der Waals surface area contributed by atoms with Crippen molar-refractivity contribution in [3.8, 4) is 5.75 Å². The van der Waals surface area contributed by atoms with Crippen molar-refractivity contribution in [2.24, 2.45) is 5.41 Å². The highest BCUT2D eigenvalue weighted by Gasteiger charge is 2.59. The van der Waals surface area contributed by atoms with E-state index in [1.165, 1.54) is 0 Å². The fourth-order valence-electron chi connectivity index (χ4n) is 3.45. The fraction of sp³-hybridized carbons (Fsp3) is 0.278. The highest BCUT2D eigenvalue weighted by atomic mass is 79.9. The number of rotatable bonds is 1. The van der Waals surface area contributed by atoms with Crippen LogP contribution in [0.3, 0.4) is 0 Å². The molecular weight excluding hydrogens is 376 g/mol. The molecule has 0 amide bonds. The summed E-state index contributed by atoms with van der Waals surface area (Å²) in [4.78, 5) is 13.3. The van der Waals surface area contributed by atoms with Crippen LogP contribution in [0.2, 0.25) is 0 Å². The molecule has 1 N–H and O–H groups in total. The fourth-order valence-corrected chi connectivity index (χ4v) is 5.80. The molecule has 5 heteroatoms. The molecule has 2 aromatic rings. The number of thioether (sulfide) groups is 1. The molecule has 0 aliphatic carbocycles. The van der Waals surface area contributed by atoms with Gasteiger partial charge < -0.3 is 9.84 Å². The van der Waals surface area contributed by atoms with Crippen molar-refractivity contribution in [1.82, 2.24) is 0 Å². The SMILES string of the molecule is O=C1c2ccccc2OC[C@]12[C@H](O)CS[C@H]2c1ccccc1Br. The third kappa shape index (κ3) is 2.17. The van der Waals surface area contributed by atoms with Crippen LogP contribution in [-0.4, -0.2) is 29.4 Å². The van der Waals surface area contributed by atoms with E-state index in [0.29, 0.717) is 17.1 Å². The number of carbonyl (C=O) groups is 1. The largest absolute Gasteiger partial charge is 0.492 e. The zero-order valence-corrected chi connectivity index (χ0v) is 14.6. The number of para-hydroxylation sites is 1. The molecule has 1 saturated heterocycles. The van der Waals surface area contributed by atoms with Gasteiger partial charge in [-0.3, -0.25) is 4.79 Å². The molecule has 2 aliphatic rings. The molecule has 118 valence electrons. The molecule has 1 spiro atoms. The van der Waals surface area contributed by atoms with Gasteiger partial charge in [-0.2, -0.15) is 0 Å². The van der Waals surface area contributed by atoms with Crippen LogP contribution in [0.1, 0.15) is 21.2 Å². The summed E-state index contributed by atoms with van der Waals surface area (Å²) in [6.45, 7) is 0.211. The monoisotopic (exact) mass is 390 g/mol. The maximum absolute atomic E-state index is 13.3. The predicted octanol–water partition coefficient (Wildman–Crippen LogP) is 3.86. The summed E-state index contributed by atoms with van der Waals surface area (Å²) in [6, 6.07) is 15.2. The van der Waals surface area contributed by atoms with E-state index in [9.17, 15) is 9.90 Å². The van der Waals surface area contributed by atoms with Crippen molar-refractivity contribution in [3.63, 3.8) is 0 Å². The van der Waals surface area contributed by atoms with Gasteiger partial charge >= 0.3 is 0 Å². The number of aliphatic hydroxyl groups excluding tert-OH is 1. The minimum absolute atomic E-state index is 0.0161. The lowest BCUT2D eigenvalue weighted by Crippen LogP contribution is -2.50. The number of fused-ring (bicyclic) bond motifs is 1. The zero-order valence-electron chi connectivity index (χ0n) is 12.2. The number of aliphatic hydroxyl groups is 1. The van der Waals surface area contributed by atoms with Gasteiger partial charge in [0.2, 0.25) is 0 Å². The standard InChI is InChI=1S/C18H15BrO3S/c19-13-7-3-1-5-11(13)17-18(15(20)9-23-17)10-22-14-8-4-2-6-12(14)16(18)21/h1-8,15,17,20H,9-10H2/t15-,17+,18+/m1/s1. The summed E-state index contributed by atoms with van der Waals surface area (Å²) < 4.78 is 6.84. The van der Waals surface area contributed by atoms with Gasteiger partial charge in [0.05, 0.1) is 11.7 Å². The minimum atomic E-state index is -0.928. The molecule has 0 bridgehead atoms. The lowest BCUT2D eigenvalue weighted by atomic mass is 9.71. The van der Waals surface area contributed by atoms with Gasteiger partial charge in [-0.15, -0.1) is 11.8 Å². The van der Waals surface area contributed by atoms with E-state index in [0.717, 1.165) is 10.0 Å². The van der Waals surface area contributed by atoms with Gasteiger partial charge in [0.15, 0.2) is 5.78 Å². The predicted molar refractivity (Wildman–Crippen MR) is 94.0 cm³/mol. The molecule has 23 heavy (non-hydrogen) atoms. The summed E-state index contributed by atoms with van der Waals surface area (Å²) in [6.07, 6.45) is -0.717. The molecule has 4 rings (SSSR count). The van der Waals surface area contributed by atoms with Crippen molar-refractivity contribution >= 4 is 33.5 Å². The van der Waals surface area contributed by atoms with Crippen molar-refractivity contribution in [2.45, 2.75) is 11.4 Å². The van der Waals surface area contributed by atoms with Crippen LogP contribution >= 0.6 is 27.7 Å². The van der Waals surface area contributed by atoms with E-state index in [2.05, 4.69) is 15.9 Å². The number of hydrogen-bond acceptors (Lipinski definition) is 4. The molecule has 0 unspecified atom stereocenters. The van der Waals surface area contributed by atoms with E-state index < -0.39 is 11.5 Å². The molecule has 2 heterocycles. The molecule has 2 aromatic carbocycles. The average molecular weight is 391 g/mol. The van der Waals surface area contributed by atoms with Crippen LogP contribution < -0.4 is 4.74 Å². The summed E-state index contributed by atoms with van der Waals surface area (Å²) in [5.41, 5.74) is 0.672. The van der Waals surface area contributed by atoms with E-state index >= 15 is 0 Å². The quantitative estimate of drug-likeness (QED) is 0.802. The average Bonchev–Trinajstić information content (AvgIpc) is 2.89. The van der Waals surface area contributed by atoms with Crippen LogP contribution in [0.15, 0.2) is 53.0 Å². The van der Waals surface area contributed by atoms with Gasteiger partial charge in [0, 0.05) is 15.5 Å². The molecular formula is C18H15BrO3S. The van der Waals surface area contributed by atoms with Crippen molar-refractivity contribution in [1.29, 1.82) is 0 Å². The highest BCUT2D eigenvalue weighted by Crippen LogP contribution is 2.58. The second-order valence-corrected chi connectivity index (χ2v) is 7.90. The van der Waals surface area contributed by atoms with Crippen LogP contribution in [0.4, 0.5) is 0 Å². The number of ketones is 1. The summed E-state index contributed by atoms with van der Waals surface area (Å²) in [7, 11) is 0. The molecule has 3 atom stereocenters. The van der Waals surface area contributed by atoms with E-state index in [1.54, 1.807) is 17.8 Å². The lowest BCUT2D eigenvalue weighted by molar-refractivity contribution is 0.00916. The van der Waals surface area contributed by atoms with Crippen molar-refractivity contribution < 1.29 is 14.6 Å². The van der Waals surface area contributed by atoms with Gasteiger partial charge in [-0.1, -0.05) is 46.3 Å². The Labute approximate surface area is 147 Å². The summed E-state index contributed by atoms with van der Waals surface area (Å²) in [5, 5.41) is 10.6. The molecule has 2 aliphatic heterocycles. The highest BCUT2D eigenvalue weighted by molar-refractivity contribution is 9.10. The Hall–Kier alpha value is -1.30. The van der Waals surface area contributed by atoms with Crippen LogP contribution in [0, 0.1) is 5.41 Å². The molecule has 3 nitrogen and oxygen atoms in total. The maximum atomic E-state index is 13.3. The van der Waals surface area contributed by atoms with Crippen molar-refractivity contribution in [3.05, 3.63) is 64.1 Å². The number of Topliss-reactive ketones (excluding diaryl/α,β-unsaturated/α-hetero) is 1. The maximum Gasteiger partial charge on any atom is 0.180 e. The summed E-state index contributed by atoms with van der Waals surface area (Å²) >= 11 is 5.20. The Balaban J connectivity index is 1.85. The number of halogens is 1. The first kappa shape index (κ1) is 15.2. The topological polar surface area (TPSA) is 46.5 Å². The molecule has 0 radical (unpaired) electrons. The first-order chi connectivity index (χ1) is 11.1. The third-order valence-electron chi connectivity index (χ3n) is 4.69. The van der Waals surface area contributed by atoms with Crippen LogP contribution in [0.25, 0.3) is 0 Å². The normalized spacial score (nSPS) is 29.4. The van der Waals surface area contributed by atoms with Crippen LogP contribution in [0.5, 0.6) is 5.75 Å². The Bertz CT molecular complexity index is 778. The first-order valence-corrected chi connectivity index (χ1v) is 9.29. The smallest absolute Gasteiger partial charge is 0.180 e.